The van der Waals surface area contributed by atoms with E-state index in [4.69, 9.17) is 4.74 Å². The van der Waals surface area contributed by atoms with Gasteiger partial charge in [0, 0.05) is 24.6 Å². The van der Waals surface area contributed by atoms with Crippen LogP contribution in [-0.4, -0.2) is 58.3 Å². The van der Waals surface area contributed by atoms with E-state index in [1.165, 1.54) is 38.9 Å². The molecular weight excluding hydrogens is 440 g/mol. The Bertz CT molecular complexity index is 997. The molecule has 1 saturated heterocycles. The molecule has 0 radical (unpaired) electrons. The highest BCUT2D eigenvalue weighted by atomic mass is 32.2. The molecule has 0 spiro atoms. The highest BCUT2D eigenvalue weighted by Crippen LogP contribution is 2.44. The number of nitrogens with zero attached hydrogens (tertiary/aromatic N) is 1. The third-order valence-electron chi connectivity index (χ3n) is 6.23. The van der Waals surface area contributed by atoms with Crippen LogP contribution in [0.25, 0.3) is 11.1 Å². The number of carboxylic acid groups (broad SMARTS) is 1. The van der Waals surface area contributed by atoms with Crippen molar-refractivity contribution in [3.05, 3.63) is 59.7 Å². The number of carbonyl (C=O) groups excluding carboxylic acids is 2. The van der Waals surface area contributed by atoms with Crippen LogP contribution >= 0.6 is 11.8 Å². The highest BCUT2D eigenvalue weighted by molar-refractivity contribution is 8.00. The zero-order valence-corrected chi connectivity index (χ0v) is 19.3. The average molecular weight is 469 g/mol. The maximum atomic E-state index is 12.5. The summed E-state index contributed by atoms with van der Waals surface area (Å²) in [5.74, 6) is -0.674. The number of aliphatic carboxylic acids is 1. The molecule has 2 aromatic carbocycles. The molecule has 2 atom stereocenters. The lowest BCUT2D eigenvalue weighted by atomic mass is 9.98. The Morgan fingerprint density at radius 2 is 1.70 bits per heavy atom. The Morgan fingerprint density at radius 3 is 2.33 bits per heavy atom. The van der Waals surface area contributed by atoms with Crippen LogP contribution in [0.5, 0.6) is 0 Å². The van der Waals surface area contributed by atoms with Crippen molar-refractivity contribution in [2.45, 2.75) is 43.5 Å². The zero-order valence-electron chi connectivity index (χ0n) is 18.5. The number of thioether (sulfide) groups is 1. The minimum Gasteiger partial charge on any atom is -0.480 e. The molecule has 2 amide bonds. The first-order valence-corrected chi connectivity index (χ1v) is 12.3. The van der Waals surface area contributed by atoms with Gasteiger partial charge in [0.25, 0.3) is 0 Å². The van der Waals surface area contributed by atoms with Crippen LogP contribution in [0, 0.1) is 0 Å². The van der Waals surface area contributed by atoms with E-state index in [-0.39, 0.29) is 30.2 Å². The standard InChI is InChI=1S/C25H28N2O5S/c1-16-27(22(15-33-16)24(29)30)23(28)12-6-7-13-26-25(31)32-14-21-19-10-4-2-8-17(19)18-9-3-5-11-20(18)21/h2-5,8-11,16,21-22H,6-7,12-15H2,1H3,(H,26,31)(H,29,30). The Kier molecular flexibility index (Phi) is 7.23. The van der Waals surface area contributed by atoms with E-state index in [0.29, 0.717) is 25.1 Å². The lowest BCUT2D eigenvalue weighted by Gasteiger charge is -2.25. The number of hydrogen-bond acceptors (Lipinski definition) is 5. The van der Waals surface area contributed by atoms with Crippen molar-refractivity contribution in [2.24, 2.45) is 0 Å². The number of alkyl carbamates (subject to hydrolysis) is 1. The summed E-state index contributed by atoms with van der Waals surface area (Å²) in [6, 6.07) is 15.6. The second-order valence-corrected chi connectivity index (χ2v) is 9.65. The number of carboxylic acids is 1. The summed E-state index contributed by atoms with van der Waals surface area (Å²) in [7, 11) is 0. The molecule has 1 fully saturated rings. The Hall–Kier alpha value is -3.00. The third-order valence-corrected chi connectivity index (χ3v) is 7.44. The fourth-order valence-corrected chi connectivity index (χ4v) is 5.77. The maximum Gasteiger partial charge on any atom is 0.407 e. The van der Waals surface area contributed by atoms with Crippen molar-refractivity contribution in [2.75, 3.05) is 18.9 Å². The van der Waals surface area contributed by atoms with E-state index in [1.54, 1.807) is 0 Å². The minimum atomic E-state index is -0.961. The van der Waals surface area contributed by atoms with Gasteiger partial charge in [-0.15, -0.1) is 11.8 Å². The number of fused-ring (bicyclic) bond motifs is 3. The minimum absolute atomic E-state index is 0.0169. The van der Waals surface area contributed by atoms with E-state index < -0.39 is 18.1 Å². The molecule has 0 bridgehead atoms. The number of rotatable bonds is 8. The van der Waals surface area contributed by atoms with Gasteiger partial charge >= 0.3 is 12.1 Å². The molecule has 4 rings (SSSR count). The lowest BCUT2D eigenvalue weighted by Crippen LogP contribution is -2.44. The molecule has 1 aliphatic heterocycles. The molecule has 2 aliphatic rings. The van der Waals surface area contributed by atoms with Gasteiger partial charge in [-0.1, -0.05) is 48.5 Å². The van der Waals surface area contributed by atoms with Crippen LogP contribution in [0.2, 0.25) is 0 Å². The fraction of sp³-hybridized carbons (Fsp3) is 0.400. The smallest absolute Gasteiger partial charge is 0.407 e. The van der Waals surface area contributed by atoms with E-state index in [1.807, 2.05) is 31.2 Å². The van der Waals surface area contributed by atoms with E-state index in [0.717, 1.165) is 0 Å². The molecule has 1 aliphatic carbocycles. The SMILES string of the molecule is CC1SCC(C(=O)O)N1C(=O)CCCCNC(=O)OCC1c2ccccc2-c2ccccc21. The van der Waals surface area contributed by atoms with Crippen molar-refractivity contribution in [3.8, 4) is 11.1 Å². The normalized spacial score (nSPS) is 19.1. The number of carbonyl (C=O) groups is 3. The number of ether oxygens (including phenoxy) is 1. The fourth-order valence-electron chi connectivity index (χ4n) is 4.58. The second kappa shape index (κ2) is 10.3. The Morgan fingerprint density at radius 1 is 1.06 bits per heavy atom. The molecule has 2 unspecified atom stereocenters. The van der Waals surface area contributed by atoms with Crippen LogP contribution in [-0.2, 0) is 14.3 Å². The van der Waals surface area contributed by atoms with Crippen molar-refractivity contribution >= 4 is 29.7 Å². The molecular formula is C25H28N2O5S. The summed E-state index contributed by atoms with van der Waals surface area (Å²) >= 11 is 1.48. The summed E-state index contributed by atoms with van der Waals surface area (Å²) in [4.78, 5) is 37.5. The van der Waals surface area contributed by atoms with Gasteiger partial charge in [-0.25, -0.2) is 9.59 Å². The van der Waals surface area contributed by atoms with Crippen molar-refractivity contribution in [1.29, 1.82) is 0 Å². The monoisotopic (exact) mass is 468 g/mol. The first-order chi connectivity index (χ1) is 16.0. The van der Waals surface area contributed by atoms with Gasteiger partial charge in [0.1, 0.15) is 12.6 Å². The number of unbranched alkanes of at least 4 members (excludes halogenated alkanes) is 1. The van der Waals surface area contributed by atoms with Gasteiger partial charge in [-0.2, -0.15) is 0 Å². The largest absolute Gasteiger partial charge is 0.480 e. The van der Waals surface area contributed by atoms with E-state index in [9.17, 15) is 19.5 Å². The predicted molar refractivity (Wildman–Crippen MR) is 127 cm³/mol. The van der Waals surface area contributed by atoms with Crippen molar-refractivity contribution in [1.82, 2.24) is 10.2 Å². The highest BCUT2D eigenvalue weighted by Gasteiger charge is 2.38. The van der Waals surface area contributed by atoms with Crippen LogP contribution in [0.1, 0.15) is 43.2 Å². The molecule has 7 nitrogen and oxygen atoms in total. The summed E-state index contributed by atoms with van der Waals surface area (Å²) in [5.41, 5.74) is 4.70. The maximum absolute atomic E-state index is 12.5. The number of amides is 2. The molecule has 33 heavy (non-hydrogen) atoms. The Labute approximate surface area is 197 Å². The quantitative estimate of drug-likeness (QED) is 0.567. The zero-order chi connectivity index (χ0) is 23.4. The van der Waals surface area contributed by atoms with Crippen LogP contribution in [0.3, 0.4) is 0 Å². The first-order valence-electron chi connectivity index (χ1n) is 11.2. The summed E-state index contributed by atoms with van der Waals surface area (Å²) in [5, 5.41) is 11.9. The van der Waals surface area contributed by atoms with Crippen LogP contribution < -0.4 is 5.32 Å². The number of nitrogens with one attached hydrogen (secondary N) is 1. The van der Waals surface area contributed by atoms with Gasteiger partial charge in [-0.3, -0.25) is 4.79 Å². The Balaban J connectivity index is 1.20. The van der Waals surface area contributed by atoms with Gasteiger partial charge in [0.05, 0.1) is 5.37 Å². The molecule has 2 N–H and O–H groups in total. The summed E-state index contributed by atoms with van der Waals surface area (Å²) < 4.78 is 5.51. The van der Waals surface area contributed by atoms with Gasteiger partial charge < -0.3 is 20.1 Å². The molecule has 0 aromatic heterocycles. The summed E-state index contributed by atoms with van der Waals surface area (Å²) in [6.45, 7) is 2.51. The second-order valence-electron chi connectivity index (χ2n) is 8.30. The number of hydrogen-bond donors (Lipinski definition) is 2. The number of benzene rings is 2. The van der Waals surface area contributed by atoms with Crippen molar-refractivity contribution in [3.63, 3.8) is 0 Å². The topological polar surface area (TPSA) is 95.9 Å². The molecule has 8 heteroatoms. The van der Waals surface area contributed by atoms with Crippen molar-refractivity contribution < 1.29 is 24.2 Å². The molecule has 1 heterocycles. The molecule has 174 valence electrons. The van der Waals surface area contributed by atoms with E-state index in [2.05, 4.69) is 29.6 Å². The summed E-state index contributed by atoms with van der Waals surface area (Å²) in [6.07, 6.45) is 0.978. The van der Waals surface area contributed by atoms with Gasteiger partial charge in [0.15, 0.2) is 0 Å². The average Bonchev–Trinajstić information content (AvgIpc) is 3.35. The lowest BCUT2D eigenvalue weighted by molar-refractivity contribution is -0.148. The van der Waals surface area contributed by atoms with Gasteiger partial charge in [0.2, 0.25) is 5.91 Å². The third kappa shape index (κ3) is 5.00. The molecule has 0 saturated carbocycles. The van der Waals surface area contributed by atoms with E-state index >= 15 is 0 Å². The van der Waals surface area contributed by atoms with Crippen LogP contribution in [0.15, 0.2) is 48.5 Å². The first kappa shape index (κ1) is 23.2. The van der Waals surface area contributed by atoms with Gasteiger partial charge in [-0.05, 0) is 42.0 Å². The van der Waals surface area contributed by atoms with Crippen LogP contribution in [0.4, 0.5) is 4.79 Å². The molecule has 2 aromatic rings. The predicted octanol–water partition coefficient (Wildman–Crippen LogP) is 4.07.